The molecule has 4 aromatic carbocycles. The number of amides is 2. The number of benzene rings is 4. The number of rotatable bonds is 12. The molecule has 0 spiro atoms. The van der Waals surface area contributed by atoms with E-state index in [0.29, 0.717) is 22.7 Å². The van der Waals surface area contributed by atoms with Gasteiger partial charge in [0, 0.05) is 12.2 Å². The number of methoxy groups -OCH3 is 1. The van der Waals surface area contributed by atoms with Crippen molar-refractivity contribution >= 4 is 39.2 Å². The Kier molecular flexibility index (Phi) is 10.1. The van der Waals surface area contributed by atoms with Crippen LogP contribution in [0.3, 0.4) is 0 Å². The molecule has 0 saturated carbocycles. The molecule has 0 saturated heterocycles. The SMILES string of the molecule is CCOC(=O)c1cccc(NC(=O)c2ccccc2S(=O)(=O)N(CCNC(=O)c2ccccc2OC)c2ccccc2)c1. The Morgan fingerprint density at radius 2 is 1.47 bits per heavy atom. The lowest BCUT2D eigenvalue weighted by Crippen LogP contribution is -2.39. The molecule has 0 aliphatic heterocycles. The molecule has 0 unspecified atom stereocenters. The Morgan fingerprint density at radius 1 is 0.791 bits per heavy atom. The summed E-state index contributed by atoms with van der Waals surface area (Å²) in [5, 5.41) is 5.42. The van der Waals surface area contributed by atoms with Crippen LogP contribution in [0.15, 0.2) is 108 Å². The first kappa shape index (κ1) is 30.8. The van der Waals surface area contributed by atoms with Crippen molar-refractivity contribution in [1.82, 2.24) is 5.32 Å². The molecule has 0 radical (unpaired) electrons. The second-order valence-electron chi connectivity index (χ2n) is 9.12. The molecule has 43 heavy (non-hydrogen) atoms. The molecule has 11 heteroatoms. The number of esters is 1. The summed E-state index contributed by atoms with van der Waals surface area (Å²) in [6.07, 6.45) is 0. The lowest BCUT2D eigenvalue weighted by Gasteiger charge is -2.26. The summed E-state index contributed by atoms with van der Waals surface area (Å²) in [6, 6.07) is 27.1. The van der Waals surface area contributed by atoms with E-state index in [-0.39, 0.29) is 35.7 Å². The van der Waals surface area contributed by atoms with E-state index in [4.69, 9.17) is 9.47 Å². The van der Waals surface area contributed by atoms with Gasteiger partial charge >= 0.3 is 5.97 Å². The van der Waals surface area contributed by atoms with E-state index in [1.165, 1.54) is 31.4 Å². The quantitative estimate of drug-likeness (QED) is 0.224. The highest BCUT2D eigenvalue weighted by molar-refractivity contribution is 7.93. The third kappa shape index (κ3) is 7.38. The van der Waals surface area contributed by atoms with Crippen LogP contribution in [0.1, 0.15) is 38.0 Å². The van der Waals surface area contributed by atoms with Crippen molar-refractivity contribution in [3.05, 3.63) is 120 Å². The molecule has 2 N–H and O–H groups in total. The molecule has 0 fully saturated rings. The molecule has 4 rings (SSSR count). The summed E-state index contributed by atoms with van der Waals surface area (Å²) >= 11 is 0. The number of carbonyl (C=O) groups is 3. The molecular formula is C32H31N3O7S. The molecule has 0 aromatic heterocycles. The molecule has 0 heterocycles. The first-order valence-corrected chi connectivity index (χ1v) is 14.9. The van der Waals surface area contributed by atoms with Crippen LogP contribution in [0.25, 0.3) is 0 Å². The van der Waals surface area contributed by atoms with Crippen molar-refractivity contribution in [2.45, 2.75) is 11.8 Å². The van der Waals surface area contributed by atoms with Crippen LogP contribution in [0, 0.1) is 0 Å². The van der Waals surface area contributed by atoms with Crippen LogP contribution >= 0.6 is 0 Å². The molecule has 0 aliphatic rings. The Hall–Kier alpha value is -5.16. The fourth-order valence-corrected chi connectivity index (χ4v) is 5.97. The highest BCUT2D eigenvalue weighted by atomic mass is 32.2. The van der Waals surface area contributed by atoms with E-state index in [0.717, 1.165) is 4.31 Å². The van der Waals surface area contributed by atoms with Crippen molar-refractivity contribution in [2.24, 2.45) is 0 Å². The van der Waals surface area contributed by atoms with Gasteiger partial charge < -0.3 is 20.1 Å². The highest BCUT2D eigenvalue weighted by Gasteiger charge is 2.29. The summed E-state index contributed by atoms with van der Waals surface area (Å²) in [5.41, 5.74) is 1.11. The summed E-state index contributed by atoms with van der Waals surface area (Å²) in [4.78, 5) is 38.1. The lowest BCUT2D eigenvalue weighted by atomic mass is 10.1. The average Bonchev–Trinajstić information content (AvgIpc) is 3.03. The number of para-hydroxylation sites is 2. The van der Waals surface area contributed by atoms with Gasteiger partial charge in [-0.1, -0.05) is 48.5 Å². The number of ether oxygens (including phenoxy) is 2. The Bertz CT molecular complexity index is 1710. The minimum absolute atomic E-state index is 0.0278. The first-order chi connectivity index (χ1) is 20.8. The number of hydrogen-bond donors (Lipinski definition) is 2. The van der Waals surface area contributed by atoms with Crippen LogP contribution in [-0.4, -0.2) is 53.0 Å². The van der Waals surface area contributed by atoms with Crippen LogP contribution in [0.2, 0.25) is 0 Å². The minimum atomic E-state index is -4.30. The Morgan fingerprint density at radius 3 is 2.19 bits per heavy atom. The standard InChI is InChI=1S/C32H31N3O7S/c1-3-42-32(38)23-12-11-13-24(22-23)34-31(37)27-17-8-10-19-29(27)43(39,40)35(25-14-5-4-6-15-25)21-20-33-30(36)26-16-7-9-18-28(26)41-2/h4-19,22H,3,20-21H2,1-2H3,(H,33,36)(H,34,37). The third-order valence-electron chi connectivity index (χ3n) is 6.33. The zero-order chi connectivity index (χ0) is 30.8. The van der Waals surface area contributed by atoms with E-state index in [1.807, 2.05) is 0 Å². The largest absolute Gasteiger partial charge is 0.496 e. The van der Waals surface area contributed by atoms with Crippen molar-refractivity contribution in [1.29, 1.82) is 0 Å². The van der Waals surface area contributed by atoms with E-state index in [2.05, 4.69) is 10.6 Å². The normalized spacial score (nSPS) is 10.8. The molecule has 0 aliphatic carbocycles. The second kappa shape index (κ2) is 14.1. The predicted molar refractivity (Wildman–Crippen MR) is 163 cm³/mol. The lowest BCUT2D eigenvalue weighted by molar-refractivity contribution is 0.0526. The molecule has 4 aromatic rings. The molecule has 0 atom stereocenters. The monoisotopic (exact) mass is 601 g/mol. The summed E-state index contributed by atoms with van der Waals surface area (Å²) < 4.78 is 39.7. The van der Waals surface area contributed by atoms with Gasteiger partial charge in [0.2, 0.25) is 0 Å². The maximum Gasteiger partial charge on any atom is 0.338 e. The van der Waals surface area contributed by atoms with Gasteiger partial charge in [-0.2, -0.15) is 0 Å². The van der Waals surface area contributed by atoms with Crippen molar-refractivity contribution in [3.8, 4) is 5.75 Å². The smallest absolute Gasteiger partial charge is 0.338 e. The number of hydrogen-bond acceptors (Lipinski definition) is 7. The van der Waals surface area contributed by atoms with E-state index >= 15 is 0 Å². The Balaban J connectivity index is 1.60. The number of anilines is 2. The molecular weight excluding hydrogens is 570 g/mol. The topological polar surface area (TPSA) is 131 Å². The van der Waals surface area contributed by atoms with E-state index in [1.54, 1.807) is 85.8 Å². The number of nitrogens with one attached hydrogen (secondary N) is 2. The number of nitrogens with zero attached hydrogens (tertiary/aromatic N) is 1. The van der Waals surface area contributed by atoms with Crippen LogP contribution in [0.4, 0.5) is 11.4 Å². The van der Waals surface area contributed by atoms with Crippen LogP contribution < -0.4 is 19.7 Å². The van der Waals surface area contributed by atoms with E-state index < -0.39 is 27.8 Å². The molecule has 222 valence electrons. The van der Waals surface area contributed by atoms with Gasteiger partial charge in [-0.3, -0.25) is 13.9 Å². The van der Waals surface area contributed by atoms with Gasteiger partial charge in [-0.25, -0.2) is 13.2 Å². The van der Waals surface area contributed by atoms with Gasteiger partial charge in [-0.05, 0) is 61.5 Å². The zero-order valence-corrected chi connectivity index (χ0v) is 24.5. The van der Waals surface area contributed by atoms with Gasteiger partial charge in [0.1, 0.15) is 10.6 Å². The second-order valence-corrected chi connectivity index (χ2v) is 11.0. The third-order valence-corrected chi connectivity index (χ3v) is 8.21. The Labute approximate surface area is 250 Å². The predicted octanol–water partition coefficient (Wildman–Crippen LogP) is 4.75. The van der Waals surface area contributed by atoms with Gasteiger partial charge in [-0.15, -0.1) is 0 Å². The maximum absolute atomic E-state index is 14.1. The number of carbonyl (C=O) groups excluding carboxylic acids is 3. The van der Waals surface area contributed by atoms with Crippen molar-refractivity contribution in [2.75, 3.05) is 36.4 Å². The van der Waals surface area contributed by atoms with Crippen LogP contribution in [-0.2, 0) is 14.8 Å². The average molecular weight is 602 g/mol. The zero-order valence-electron chi connectivity index (χ0n) is 23.6. The van der Waals surface area contributed by atoms with Crippen molar-refractivity contribution < 1.29 is 32.3 Å². The first-order valence-electron chi connectivity index (χ1n) is 13.4. The summed E-state index contributed by atoms with van der Waals surface area (Å²) in [5.74, 6) is -1.26. The highest BCUT2D eigenvalue weighted by Crippen LogP contribution is 2.27. The summed E-state index contributed by atoms with van der Waals surface area (Å²) in [7, 11) is -2.85. The number of sulfonamides is 1. The van der Waals surface area contributed by atoms with E-state index in [9.17, 15) is 22.8 Å². The van der Waals surface area contributed by atoms with Gasteiger partial charge in [0.15, 0.2) is 0 Å². The van der Waals surface area contributed by atoms with Crippen LogP contribution in [0.5, 0.6) is 5.75 Å². The van der Waals surface area contributed by atoms with Gasteiger partial charge in [0.25, 0.3) is 21.8 Å². The van der Waals surface area contributed by atoms with Crippen molar-refractivity contribution in [3.63, 3.8) is 0 Å². The maximum atomic E-state index is 14.1. The van der Waals surface area contributed by atoms with Gasteiger partial charge in [0.05, 0.1) is 42.6 Å². The molecule has 0 bridgehead atoms. The summed E-state index contributed by atoms with van der Waals surface area (Å²) in [6.45, 7) is 1.74. The molecule has 10 nitrogen and oxygen atoms in total. The fourth-order valence-electron chi connectivity index (χ4n) is 4.32. The minimum Gasteiger partial charge on any atom is -0.496 e. The fraction of sp³-hybridized carbons (Fsp3) is 0.156. The molecule has 2 amide bonds.